The number of hydrogen-bond acceptors (Lipinski definition) is 3. The number of carbonyl (C=O) groups is 1. The molecule has 0 heterocycles. The standard InChI is InChI=1S/C17H17ClN2O3/c18-16-12-14(20(22)23)9-10-15(16)17(21)19-11-5-4-8-13-6-2-1-3-7-13/h1-3,6-7,9-10,12H,4-5,8,11H2,(H,19,21). The van der Waals surface area contributed by atoms with Gasteiger partial charge in [-0.3, -0.25) is 14.9 Å². The van der Waals surface area contributed by atoms with E-state index < -0.39 is 4.92 Å². The highest BCUT2D eigenvalue weighted by molar-refractivity contribution is 6.34. The van der Waals surface area contributed by atoms with Gasteiger partial charge in [-0.1, -0.05) is 41.9 Å². The fraction of sp³-hybridized carbons (Fsp3) is 0.235. The van der Waals surface area contributed by atoms with Gasteiger partial charge in [0.05, 0.1) is 15.5 Å². The average Bonchev–Trinajstić information content (AvgIpc) is 2.55. The average molecular weight is 333 g/mol. The maximum absolute atomic E-state index is 12.0. The monoisotopic (exact) mass is 332 g/mol. The Labute approximate surface area is 139 Å². The Bertz CT molecular complexity index is 689. The van der Waals surface area contributed by atoms with Crippen molar-refractivity contribution in [3.63, 3.8) is 0 Å². The number of carbonyl (C=O) groups excluding carboxylic acids is 1. The zero-order valence-electron chi connectivity index (χ0n) is 12.5. The highest BCUT2D eigenvalue weighted by Gasteiger charge is 2.14. The summed E-state index contributed by atoms with van der Waals surface area (Å²) >= 11 is 5.92. The molecule has 0 fully saturated rings. The van der Waals surface area contributed by atoms with Crippen LogP contribution in [0.15, 0.2) is 48.5 Å². The van der Waals surface area contributed by atoms with Gasteiger partial charge in [-0.25, -0.2) is 0 Å². The molecule has 0 unspecified atom stereocenters. The van der Waals surface area contributed by atoms with Crippen LogP contribution in [0.1, 0.15) is 28.8 Å². The molecule has 23 heavy (non-hydrogen) atoms. The van der Waals surface area contributed by atoms with Crippen LogP contribution >= 0.6 is 11.6 Å². The van der Waals surface area contributed by atoms with E-state index in [-0.39, 0.29) is 22.2 Å². The molecule has 0 saturated carbocycles. The van der Waals surface area contributed by atoms with Crippen LogP contribution in [-0.4, -0.2) is 17.4 Å². The van der Waals surface area contributed by atoms with Crippen LogP contribution in [0.5, 0.6) is 0 Å². The second-order valence-electron chi connectivity index (χ2n) is 5.12. The van der Waals surface area contributed by atoms with Crippen molar-refractivity contribution in [3.05, 3.63) is 74.8 Å². The molecule has 2 aromatic rings. The van der Waals surface area contributed by atoms with Gasteiger partial charge in [0.15, 0.2) is 0 Å². The minimum absolute atomic E-state index is 0.0842. The number of nitrogens with one attached hydrogen (secondary N) is 1. The molecule has 5 nitrogen and oxygen atoms in total. The first-order valence-electron chi connectivity index (χ1n) is 7.34. The van der Waals surface area contributed by atoms with E-state index >= 15 is 0 Å². The third kappa shape index (κ3) is 5.07. The molecule has 1 N–H and O–H groups in total. The molecule has 120 valence electrons. The van der Waals surface area contributed by atoms with E-state index in [0.717, 1.165) is 19.3 Å². The molecule has 0 saturated heterocycles. The van der Waals surface area contributed by atoms with Crippen LogP contribution < -0.4 is 5.32 Å². The van der Waals surface area contributed by atoms with E-state index in [1.54, 1.807) is 0 Å². The van der Waals surface area contributed by atoms with Crippen molar-refractivity contribution in [3.8, 4) is 0 Å². The van der Waals surface area contributed by atoms with Crippen LogP contribution in [0.25, 0.3) is 0 Å². The Balaban J connectivity index is 1.78. The summed E-state index contributed by atoms with van der Waals surface area (Å²) in [7, 11) is 0. The van der Waals surface area contributed by atoms with Crippen molar-refractivity contribution in [2.24, 2.45) is 0 Å². The van der Waals surface area contributed by atoms with Gasteiger partial charge in [-0.2, -0.15) is 0 Å². The zero-order valence-corrected chi connectivity index (χ0v) is 13.3. The predicted octanol–water partition coefficient (Wildman–Crippen LogP) is 4.00. The van der Waals surface area contributed by atoms with E-state index in [0.29, 0.717) is 6.54 Å². The summed E-state index contributed by atoms with van der Waals surface area (Å²) < 4.78 is 0. The van der Waals surface area contributed by atoms with E-state index in [4.69, 9.17) is 11.6 Å². The number of rotatable bonds is 7. The highest BCUT2D eigenvalue weighted by atomic mass is 35.5. The molecule has 1 amide bonds. The predicted molar refractivity (Wildman–Crippen MR) is 89.8 cm³/mol. The molecule has 2 aromatic carbocycles. The molecule has 0 aliphatic rings. The number of amides is 1. The van der Waals surface area contributed by atoms with Gasteiger partial charge >= 0.3 is 0 Å². The largest absolute Gasteiger partial charge is 0.352 e. The minimum atomic E-state index is -0.544. The SMILES string of the molecule is O=C(NCCCCc1ccccc1)c1ccc([N+](=O)[O-])cc1Cl. The van der Waals surface area contributed by atoms with Crippen LogP contribution in [0.3, 0.4) is 0 Å². The Hall–Kier alpha value is -2.40. The zero-order chi connectivity index (χ0) is 16.7. The number of nitrogens with zero attached hydrogens (tertiary/aromatic N) is 1. The van der Waals surface area contributed by atoms with Gasteiger partial charge in [0.1, 0.15) is 0 Å². The molecule has 0 spiro atoms. The first kappa shape index (κ1) is 17.0. The number of aryl methyl sites for hydroxylation is 1. The summed E-state index contributed by atoms with van der Waals surface area (Å²) in [5.41, 5.74) is 1.40. The number of hydrogen-bond donors (Lipinski definition) is 1. The normalized spacial score (nSPS) is 10.3. The molecule has 0 bridgehead atoms. The molecular formula is C17H17ClN2O3. The van der Waals surface area contributed by atoms with Gasteiger partial charge in [-0.15, -0.1) is 0 Å². The Morgan fingerprint density at radius 1 is 1.13 bits per heavy atom. The Kier molecular flexibility index (Phi) is 6.11. The van der Waals surface area contributed by atoms with Gasteiger partial charge in [0, 0.05) is 18.7 Å². The summed E-state index contributed by atoms with van der Waals surface area (Å²) in [5.74, 6) is -0.315. The summed E-state index contributed by atoms with van der Waals surface area (Å²) in [6.07, 6.45) is 2.79. The summed E-state index contributed by atoms with van der Waals surface area (Å²) in [4.78, 5) is 22.1. The summed E-state index contributed by atoms with van der Waals surface area (Å²) in [6, 6.07) is 14.0. The van der Waals surface area contributed by atoms with E-state index in [1.165, 1.54) is 23.8 Å². The third-order valence-electron chi connectivity index (χ3n) is 3.43. The fourth-order valence-electron chi connectivity index (χ4n) is 2.20. The third-order valence-corrected chi connectivity index (χ3v) is 3.74. The molecule has 6 heteroatoms. The van der Waals surface area contributed by atoms with E-state index in [9.17, 15) is 14.9 Å². The molecule has 0 aliphatic carbocycles. The molecule has 0 atom stereocenters. The number of non-ortho nitro benzene ring substituents is 1. The fourth-order valence-corrected chi connectivity index (χ4v) is 2.46. The number of unbranched alkanes of at least 4 members (excludes halogenated alkanes) is 1. The van der Waals surface area contributed by atoms with Crippen molar-refractivity contribution in [1.82, 2.24) is 5.32 Å². The van der Waals surface area contributed by atoms with Crippen molar-refractivity contribution >= 4 is 23.2 Å². The van der Waals surface area contributed by atoms with Crippen molar-refractivity contribution in [2.75, 3.05) is 6.54 Å². The number of nitro benzene ring substituents is 1. The lowest BCUT2D eigenvalue weighted by molar-refractivity contribution is -0.384. The minimum Gasteiger partial charge on any atom is -0.352 e. The van der Waals surface area contributed by atoms with E-state index in [1.807, 2.05) is 18.2 Å². The lowest BCUT2D eigenvalue weighted by Crippen LogP contribution is -2.24. The quantitative estimate of drug-likeness (QED) is 0.473. The molecule has 0 aromatic heterocycles. The van der Waals surface area contributed by atoms with Gasteiger partial charge in [-0.05, 0) is 30.9 Å². The lowest BCUT2D eigenvalue weighted by atomic mass is 10.1. The number of benzene rings is 2. The second kappa shape index (κ2) is 8.29. The first-order valence-corrected chi connectivity index (χ1v) is 7.72. The molecule has 2 rings (SSSR count). The van der Waals surface area contributed by atoms with Crippen LogP contribution in [0, 0.1) is 10.1 Å². The smallest absolute Gasteiger partial charge is 0.270 e. The van der Waals surface area contributed by atoms with Crippen LogP contribution in [0.4, 0.5) is 5.69 Å². The van der Waals surface area contributed by atoms with Gasteiger partial charge in [0.25, 0.3) is 11.6 Å². The van der Waals surface area contributed by atoms with E-state index in [2.05, 4.69) is 17.4 Å². The Morgan fingerprint density at radius 3 is 2.52 bits per heavy atom. The van der Waals surface area contributed by atoms with Crippen molar-refractivity contribution in [2.45, 2.75) is 19.3 Å². The number of nitro groups is 1. The lowest BCUT2D eigenvalue weighted by Gasteiger charge is -2.07. The first-order chi connectivity index (χ1) is 11.1. The maximum Gasteiger partial charge on any atom is 0.270 e. The van der Waals surface area contributed by atoms with Gasteiger partial charge in [0.2, 0.25) is 0 Å². The van der Waals surface area contributed by atoms with Crippen molar-refractivity contribution < 1.29 is 9.72 Å². The van der Waals surface area contributed by atoms with Crippen molar-refractivity contribution in [1.29, 1.82) is 0 Å². The topological polar surface area (TPSA) is 72.2 Å². The molecule has 0 aliphatic heterocycles. The maximum atomic E-state index is 12.0. The van der Waals surface area contributed by atoms with Gasteiger partial charge < -0.3 is 5.32 Å². The summed E-state index contributed by atoms with van der Waals surface area (Å²) in [5, 5.41) is 13.5. The molecule has 0 radical (unpaired) electrons. The molecular weight excluding hydrogens is 316 g/mol. The highest BCUT2D eigenvalue weighted by Crippen LogP contribution is 2.22. The second-order valence-corrected chi connectivity index (χ2v) is 5.53. The van der Waals surface area contributed by atoms with Crippen LogP contribution in [0.2, 0.25) is 5.02 Å². The summed E-state index contributed by atoms with van der Waals surface area (Å²) in [6.45, 7) is 0.541. The number of halogens is 1. The Morgan fingerprint density at radius 2 is 1.87 bits per heavy atom. The van der Waals surface area contributed by atoms with Crippen LogP contribution in [-0.2, 0) is 6.42 Å².